The second-order valence-electron chi connectivity index (χ2n) is 5.27. The van der Waals surface area contributed by atoms with Crippen LogP contribution in [0.25, 0.3) is 0 Å². The third-order valence-electron chi connectivity index (χ3n) is 3.49. The molecule has 104 valence electrons. The molecule has 2 atom stereocenters. The molecule has 1 aliphatic rings. The molecule has 0 spiro atoms. The van der Waals surface area contributed by atoms with Gasteiger partial charge in [0.15, 0.2) is 0 Å². The summed E-state index contributed by atoms with van der Waals surface area (Å²) in [5.41, 5.74) is -0.773. The molecule has 1 amide bonds. The van der Waals surface area contributed by atoms with Crippen molar-refractivity contribution >= 4 is 5.91 Å². The Balaban J connectivity index is 1.95. The lowest BCUT2D eigenvalue weighted by Crippen LogP contribution is -2.42. The maximum atomic E-state index is 11.9. The fourth-order valence-corrected chi connectivity index (χ4v) is 2.56. The molecule has 1 aromatic rings. The van der Waals surface area contributed by atoms with Crippen LogP contribution in [-0.4, -0.2) is 21.7 Å². The zero-order valence-electron chi connectivity index (χ0n) is 11.0. The van der Waals surface area contributed by atoms with Crippen molar-refractivity contribution in [2.24, 2.45) is 5.92 Å². The Morgan fingerprint density at radius 2 is 2.21 bits per heavy atom. The van der Waals surface area contributed by atoms with Crippen LogP contribution in [0.3, 0.4) is 0 Å². The molecule has 1 saturated carbocycles. The van der Waals surface area contributed by atoms with Gasteiger partial charge in [0.2, 0.25) is 5.91 Å². The van der Waals surface area contributed by atoms with Gasteiger partial charge in [-0.15, -0.1) is 0 Å². The molecule has 1 aliphatic carbocycles. The molecule has 0 radical (unpaired) electrons. The van der Waals surface area contributed by atoms with E-state index in [0.29, 0.717) is 5.92 Å². The van der Waals surface area contributed by atoms with Crippen LogP contribution in [0, 0.1) is 5.92 Å². The summed E-state index contributed by atoms with van der Waals surface area (Å²) < 4.78 is 1.03. The summed E-state index contributed by atoms with van der Waals surface area (Å²) in [5, 5.41) is 5.26. The average Bonchev–Trinajstić information content (AvgIpc) is 2.34. The van der Waals surface area contributed by atoms with Crippen LogP contribution in [0.5, 0.6) is 0 Å². The number of hydrogen-bond donors (Lipinski definition) is 2. The Labute approximate surface area is 110 Å². The van der Waals surface area contributed by atoms with Crippen molar-refractivity contribution in [3.63, 3.8) is 0 Å². The molecule has 1 aromatic heterocycles. The van der Waals surface area contributed by atoms with Gasteiger partial charge in [0.1, 0.15) is 6.54 Å². The number of hydrogen-bond acceptors (Lipinski definition) is 3. The van der Waals surface area contributed by atoms with E-state index in [4.69, 9.17) is 0 Å². The second kappa shape index (κ2) is 5.86. The van der Waals surface area contributed by atoms with E-state index in [1.54, 1.807) is 0 Å². The number of carbonyl (C=O) groups excluding carboxylic acids is 1. The van der Waals surface area contributed by atoms with Gasteiger partial charge in [-0.3, -0.25) is 19.5 Å². The van der Waals surface area contributed by atoms with Crippen molar-refractivity contribution in [2.45, 2.75) is 45.2 Å². The number of nitrogens with zero attached hydrogens (tertiary/aromatic N) is 1. The Bertz CT molecular complexity index is 561. The molecular formula is C13H19N3O3. The molecule has 1 fully saturated rings. The first-order valence-corrected chi connectivity index (χ1v) is 6.64. The van der Waals surface area contributed by atoms with Gasteiger partial charge in [-0.05, 0) is 18.8 Å². The van der Waals surface area contributed by atoms with Crippen LogP contribution in [0.15, 0.2) is 21.7 Å². The molecule has 0 saturated heterocycles. The van der Waals surface area contributed by atoms with Crippen molar-refractivity contribution in [2.75, 3.05) is 0 Å². The SMILES string of the molecule is C[C@H]1CCC[C@@H](NC(=O)Cn2[nH]c(=O)ccc2=O)C1. The topological polar surface area (TPSA) is 84.0 Å². The first-order valence-electron chi connectivity index (χ1n) is 6.64. The predicted octanol–water partition coefficient (Wildman–Crippen LogP) is 0.231. The van der Waals surface area contributed by atoms with Gasteiger partial charge in [-0.25, -0.2) is 4.68 Å². The molecule has 6 nitrogen and oxygen atoms in total. The Morgan fingerprint density at radius 1 is 1.42 bits per heavy atom. The lowest BCUT2D eigenvalue weighted by atomic mass is 9.87. The summed E-state index contributed by atoms with van der Waals surface area (Å²) in [6.45, 7) is 2.04. The molecule has 2 N–H and O–H groups in total. The van der Waals surface area contributed by atoms with Crippen molar-refractivity contribution in [3.8, 4) is 0 Å². The van der Waals surface area contributed by atoms with Crippen LogP contribution in [0.4, 0.5) is 0 Å². The minimum atomic E-state index is -0.390. The summed E-state index contributed by atoms with van der Waals surface area (Å²) in [7, 11) is 0. The van der Waals surface area contributed by atoms with Crippen LogP contribution < -0.4 is 16.4 Å². The van der Waals surface area contributed by atoms with E-state index in [1.807, 2.05) is 0 Å². The molecule has 19 heavy (non-hydrogen) atoms. The summed E-state index contributed by atoms with van der Waals surface area (Å²) in [4.78, 5) is 34.4. The summed E-state index contributed by atoms with van der Waals surface area (Å²) in [5.74, 6) is 0.390. The van der Waals surface area contributed by atoms with Crippen LogP contribution in [0.2, 0.25) is 0 Å². The van der Waals surface area contributed by atoms with Crippen LogP contribution in [-0.2, 0) is 11.3 Å². The fourth-order valence-electron chi connectivity index (χ4n) is 2.56. The normalized spacial score (nSPS) is 23.0. The molecule has 0 unspecified atom stereocenters. The highest BCUT2D eigenvalue weighted by Gasteiger charge is 2.20. The van der Waals surface area contributed by atoms with E-state index in [1.165, 1.54) is 6.42 Å². The second-order valence-corrected chi connectivity index (χ2v) is 5.27. The largest absolute Gasteiger partial charge is 0.352 e. The van der Waals surface area contributed by atoms with Crippen molar-refractivity contribution in [3.05, 3.63) is 32.8 Å². The Hall–Kier alpha value is -1.85. The van der Waals surface area contributed by atoms with E-state index < -0.39 is 5.56 Å². The smallest absolute Gasteiger partial charge is 0.265 e. The summed E-state index contributed by atoms with van der Waals surface area (Å²) in [6.07, 6.45) is 4.29. The Kier molecular flexibility index (Phi) is 4.19. The lowest BCUT2D eigenvalue weighted by molar-refractivity contribution is -0.122. The molecule has 0 bridgehead atoms. The van der Waals surface area contributed by atoms with Gasteiger partial charge in [-0.2, -0.15) is 0 Å². The van der Waals surface area contributed by atoms with Crippen molar-refractivity contribution < 1.29 is 4.79 Å². The van der Waals surface area contributed by atoms with Gasteiger partial charge >= 0.3 is 0 Å². The van der Waals surface area contributed by atoms with Gasteiger partial charge < -0.3 is 5.32 Å². The number of carbonyl (C=O) groups is 1. The van der Waals surface area contributed by atoms with Gasteiger partial charge in [0.05, 0.1) is 0 Å². The van der Waals surface area contributed by atoms with E-state index in [9.17, 15) is 14.4 Å². The van der Waals surface area contributed by atoms with Gasteiger partial charge in [0, 0.05) is 18.2 Å². The lowest BCUT2D eigenvalue weighted by Gasteiger charge is -2.27. The van der Waals surface area contributed by atoms with E-state index in [2.05, 4.69) is 17.3 Å². The monoisotopic (exact) mass is 265 g/mol. The fraction of sp³-hybridized carbons (Fsp3) is 0.615. The van der Waals surface area contributed by atoms with E-state index >= 15 is 0 Å². The maximum Gasteiger partial charge on any atom is 0.265 e. The first kappa shape index (κ1) is 13.6. The highest BCUT2D eigenvalue weighted by Crippen LogP contribution is 2.23. The maximum absolute atomic E-state index is 11.9. The van der Waals surface area contributed by atoms with Gasteiger partial charge in [-0.1, -0.05) is 19.8 Å². The third kappa shape index (κ3) is 3.81. The van der Waals surface area contributed by atoms with Crippen molar-refractivity contribution in [1.29, 1.82) is 0 Å². The van der Waals surface area contributed by atoms with Crippen molar-refractivity contribution in [1.82, 2.24) is 15.1 Å². The molecule has 1 heterocycles. The molecular weight excluding hydrogens is 246 g/mol. The quantitative estimate of drug-likeness (QED) is 0.820. The summed E-state index contributed by atoms with van der Waals surface area (Å²) in [6, 6.07) is 2.50. The Morgan fingerprint density at radius 3 is 2.95 bits per heavy atom. The minimum absolute atomic E-state index is 0.139. The minimum Gasteiger partial charge on any atom is -0.352 e. The standard InChI is InChI=1S/C13H19N3O3/c1-9-3-2-4-10(7-9)14-12(18)8-16-13(19)6-5-11(17)15-16/h5-6,9-10H,2-4,7-8H2,1H3,(H,14,18)(H,15,17)/t9-,10+/m0/s1. The number of aromatic nitrogens is 2. The molecule has 2 rings (SSSR count). The third-order valence-corrected chi connectivity index (χ3v) is 3.49. The van der Waals surface area contributed by atoms with E-state index in [-0.39, 0.29) is 24.1 Å². The van der Waals surface area contributed by atoms with Crippen LogP contribution >= 0.6 is 0 Å². The van der Waals surface area contributed by atoms with Gasteiger partial charge in [0.25, 0.3) is 11.1 Å². The molecule has 0 aliphatic heterocycles. The first-order chi connectivity index (χ1) is 9.04. The molecule has 0 aromatic carbocycles. The number of rotatable bonds is 3. The summed E-state index contributed by atoms with van der Waals surface area (Å²) >= 11 is 0. The average molecular weight is 265 g/mol. The number of H-pyrrole nitrogens is 1. The van der Waals surface area contributed by atoms with Crippen LogP contribution in [0.1, 0.15) is 32.6 Å². The molecule has 6 heteroatoms. The number of nitrogens with one attached hydrogen (secondary N) is 2. The zero-order chi connectivity index (χ0) is 13.8. The predicted molar refractivity (Wildman–Crippen MR) is 70.9 cm³/mol. The highest BCUT2D eigenvalue weighted by molar-refractivity contribution is 5.75. The zero-order valence-corrected chi connectivity index (χ0v) is 11.0. The van der Waals surface area contributed by atoms with E-state index in [0.717, 1.165) is 36.1 Å². The number of amides is 1. The number of aromatic amines is 1. The highest BCUT2D eigenvalue weighted by atomic mass is 16.2.